The molecule has 1 aliphatic rings. The van der Waals surface area contributed by atoms with Gasteiger partial charge in [0, 0.05) is 48.3 Å². The topological polar surface area (TPSA) is 82.7 Å². The predicted molar refractivity (Wildman–Crippen MR) is 123 cm³/mol. The lowest BCUT2D eigenvalue weighted by molar-refractivity contribution is 0.0937. The van der Waals surface area contributed by atoms with Gasteiger partial charge < -0.3 is 25.6 Å². The van der Waals surface area contributed by atoms with Gasteiger partial charge in [0.15, 0.2) is 0 Å². The van der Waals surface area contributed by atoms with E-state index < -0.39 is 0 Å². The summed E-state index contributed by atoms with van der Waals surface area (Å²) in [5, 5.41) is 8.49. The van der Waals surface area contributed by atoms with Crippen molar-refractivity contribution in [2.45, 2.75) is 19.3 Å². The summed E-state index contributed by atoms with van der Waals surface area (Å²) < 4.78 is 5.90. The fourth-order valence-electron chi connectivity index (χ4n) is 3.43. The molecule has 3 rings (SSSR count). The quantitative estimate of drug-likeness (QED) is 0.517. The summed E-state index contributed by atoms with van der Waals surface area (Å²) in [6, 6.07) is 12.4. The van der Waals surface area contributed by atoms with Crippen molar-refractivity contribution in [3.05, 3.63) is 52.5 Å². The van der Waals surface area contributed by atoms with Gasteiger partial charge in [-0.2, -0.15) is 0 Å². The Hall–Kier alpha value is -2.58. The third-order valence-electron chi connectivity index (χ3n) is 4.87. The van der Waals surface area contributed by atoms with E-state index in [0.717, 1.165) is 36.1 Å². The van der Waals surface area contributed by atoms with Crippen LogP contribution < -0.4 is 20.9 Å². The van der Waals surface area contributed by atoms with Crippen LogP contribution in [-0.2, 0) is 4.74 Å². The zero-order valence-corrected chi connectivity index (χ0v) is 18.6. The van der Waals surface area contributed by atoms with Crippen molar-refractivity contribution in [2.75, 3.05) is 48.9 Å². The SMILES string of the molecule is COCCNC(=O)c1cc(NC(=O)Nc2cccc(Br)c2)ccc1N1CCCCC1. The van der Waals surface area contributed by atoms with Gasteiger partial charge in [0.25, 0.3) is 5.91 Å². The Morgan fingerprint density at radius 3 is 2.47 bits per heavy atom. The average Bonchev–Trinajstić information content (AvgIpc) is 2.74. The number of anilines is 3. The number of urea groups is 1. The minimum absolute atomic E-state index is 0.177. The lowest BCUT2D eigenvalue weighted by Crippen LogP contribution is -2.33. The van der Waals surface area contributed by atoms with E-state index in [0.29, 0.717) is 30.1 Å². The summed E-state index contributed by atoms with van der Waals surface area (Å²) in [6.45, 7) is 2.72. The summed E-state index contributed by atoms with van der Waals surface area (Å²) >= 11 is 3.39. The highest BCUT2D eigenvalue weighted by molar-refractivity contribution is 9.10. The molecule has 0 spiro atoms. The average molecular weight is 475 g/mol. The maximum absolute atomic E-state index is 12.8. The molecule has 7 nitrogen and oxygen atoms in total. The standard InChI is InChI=1S/C22H27BrN4O3/c1-30-13-10-24-21(28)19-15-18(8-9-20(19)27-11-3-2-4-12-27)26-22(29)25-17-7-5-6-16(23)14-17/h5-9,14-15H,2-4,10-13H2,1H3,(H,24,28)(H2,25,26,29). The number of carbonyl (C=O) groups is 2. The van der Waals surface area contributed by atoms with E-state index in [2.05, 4.69) is 36.8 Å². The summed E-state index contributed by atoms with van der Waals surface area (Å²) in [6.07, 6.45) is 3.43. The zero-order chi connectivity index (χ0) is 21.3. The minimum Gasteiger partial charge on any atom is -0.383 e. The van der Waals surface area contributed by atoms with E-state index in [9.17, 15) is 9.59 Å². The van der Waals surface area contributed by atoms with E-state index in [4.69, 9.17) is 4.74 Å². The minimum atomic E-state index is -0.371. The molecule has 0 aliphatic carbocycles. The molecular weight excluding hydrogens is 448 g/mol. The number of ether oxygens (including phenoxy) is 1. The number of carbonyl (C=O) groups excluding carboxylic acids is 2. The van der Waals surface area contributed by atoms with Gasteiger partial charge in [-0.15, -0.1) is 0 Å². The predicted octanol–water partition coefficient (Wildman–Crippen LogP) is 4.46. The van der Waals surface area contributed by atoms with Crippen LogP contribution in [0.4, 0.5) is 21.9 Å². The normalized spacial score (nSPS) is 13.6. The molecule has 3 amide bonds. The summed E-state index contributed by atoms with van der Waals surface area (Å²) in [5.74, 6) is -0.177. The van der Waals surface area contributed by atoms with Crippen LogP contribution in [0.1, 0.15) is 29.6 Å². The first-order valence-corrected chi connectivity index (χ1v) is 10.9. The number of amides is 3. The van der Waals surface area contributed by atoms with Crippen LogP contribution >= 0.6 is 15.9 Å². The van der Waals surface area contributed by atoms with Crippen LogP contribution in [0.15, 0.2) is 46.9 Å². The fourth-order valence-corrected chi connectivity index (χ4v) is 3.83. The van der Waals surface area contributed by atoms with E-state index in [1.165, 1.54) is 6.42 Å². The third kappa shape index (κ3) is 6.21. The number of benzene rings is 2. The highest BCUT2D eigenvalue weighted by Gasteiger charge is 2.19. The van der Waals surface area contributed by atoms with Crippen molar-refractivity contribution in [3.8, 4) is 0 Å². The Kier molecular flexibility index (Phi) is 8.10. The number of methoxy groups -OCH3 is 1. The Bertz CT molecular complexity index is 884. The van der Waals surface area contributed by atoms with Gasteiger partial charge in [0.2, 0.25) is 0 Å². The van der Waals surface area contributed by atoms with Gasteiger partial charge >= 0.3 is 6.03 Å². The monoisotopic (exact) mass is 474 g/mol. The van der Waals surface area contributed by atoms with Gasteiger partial charge in [-0.3, -0.25) is 4.79 Å². The maximum atomic E-state index is 12.8. The number of hydrogen-bond acceptors (Lipinski definition) is 4. The summed E-state index contributed by atoms with van der Waals surface area (Å²) in [7, 11) is 1.60. The molecule has 0 atom stereocenters. The summed E-state index contributed by atoms with van der Waals surface area (Å²) in [5.41, 5.74) is 2.67. The molecule has 160 valence electrons. The first-order valence-electron chi connectivity index (χ1n) is 10.1. The molecule has 0 unspecified atom stereocenters. The van der Waals surface area contributed by atoms with Crippen molar-refractivity contribution in [1.29, 1.82) is 0 Å². The first-order chi connectivity index (χ1) is 14.6. The second-order valence-corrected chi connectivity index (χ2v) is 8.03. The lowest BCUT2D eigenvalue weighted by atomic mass is 10.1. The molecule has 0 bridgehead atoms. The Labute approximate surface area is 185 Å². The molecular formula is C22H27BrN4O3. The van der Waals surface area contributed by atoms with Crippen LogP contribution in [0.25, 0.3) is 0 Å². The molecule has 1 fully saturated rings. The molecule has 30 heavy (non-hydrogen) atoms. The van der Waals surface area contributed by atoms with Gasteiger partial charge in [-0.1, -0.05) is 22.0 Å². The van der Waals surface area contributed by atoms with Crippen LogP contribution in [0.3, 0.4) is 0 Å². The molecule has 1 aliphatic heterocycles. The molecule has 0 radical (unpaired) electrons. The van der Waals surface area contributed by atoms with Crippen molar-refractivity contribution in [1.82, 2.24) is 5.32 Å². The van der Waals surface area contributed by atoms with Crippen LogP contribution in [-0.4, -0.2) is 45.3 Å². The van der Waals surface area contributed by atoms with Crippen molar-refractivity contribution >= 4 is 44.9 Å². The van der Waals surface area contributed by atoms with E-state index in [1.54, 1.807) is 19.2 Å². The highest BCUT2D eigenvalue weighted by atomic mass is 79.9. The van der Waals surface area contributed by atoms with Crippen LogP contribution in [0, 0.1) is 0 Å². The van der Waals surface area contributed by atoms with E-state index in [1.807, 2.05) is 30.3 Å². The molecule has 2 aromatic carbocycles. The second kappa shape index (κ2) is 11.0. The summed E-state index contributed by atoms with van der Waals surface area (Å²) in [4.78, 5) is 27.5. The maximum Gasteiger partial charge on any atom is 0.323 e. The van der Waals surface area contributed by atoms with Gasteiger partial charge in [0.05, 0.1) is 12.2 Å². The number of nitrogens with zero attached hydrogens (tertiary/aromatic N) is 1. The van der Waals surface area contributed by atoms with Crippen LogP contribution in [0.2, 0.25) is 0 Å². The fraction of sp³-hybridized carbons (Fsp3) is 0.364. The largest absolute Gasteiger partial charge is 0.383 e. The van der Waals surface area contributed by atoms with Gasteiger partial charge in [0.1, 0.15) is 0 Å². The zero-order valence-electron chi connectivity index (χ0n) is 17.0. The first kappa shape index (κ1) is 22.1. The van der Waals surface area contributed by atoms with E-state index >= 15 is 0 Å². The molecule has 2 aromatic rings. The number of halogens is 1. The number of hydrogen-bond donors (Lipinski definition) is 3. The van der Waals surface area contributed by atoms with Crippen molar-refractivity contribution in [2.24, 2.45) is 0 Å². The Morgan fingerprint density at radius 2 is 1.77 bits per heavy atom. The molecule has 0 saturated carbocycles. The van der Waals surface area contributed by atoms with Crippen molar-refractivity contribution < 1.29 is 14.3 Å². The highest BCUT2D eigenvalue weighted by Crippen LogP contribution is 2.27. The van der Waals surface area contributed by atoms with Crippen molar-refractivity contribution in [3.63, 3.8) is 0 Å². The van der Waals surface area contributed by atoms with Crippen LogP contribution in [0.5, 0.6) is 0 Å². The molecule has 8 heteroatoms. The Balaban J connectivity index is 1.76. The lowest BCUT2D eigenvalue weighted by Gasteiger charge is -2.30. The number of rotatable bonds is 7. The number of piperidine rings is 1. The molecule has 1 heterocycles. The molecule has 1 saturated heterocycles. The van der Waals surface area contributed by atoms with Gasteiger partial charge in [-0.05, 0) is 55.7 Å². The van der Waals surface area contributed by atoms with E-state index in [-0.39, 0.29) is 11.9 Å². The number of nitrogens with one attached hydrogen (secondary N) is 3. The van der Waals surface area contributed by atoms with Gasteiger partial charge in [-0.25, -0.2) is 4.79 Å². The molecule has 0 aromatic heterocycles. The Morgan fingerprint density at radius 1 is 1.03 bits per heavy atom. The smallest absolute Gasteiger partial charge is 0.323 e. The molecule has 3 N–H and O–H groups in total. The second-order valence-electron chi connectivity index (χ2n) is 7.12. The third-order valence-corrected chi connectivity index (χ3v) is 5.36.